The van der Waals surface area contributed by atoms with E-state index in [2.05, 4.69) is 37.9 Å². The Bertz CT molecular complexity index is 572. The van der Waals surface area contributed by atoms with E-state index in [1.165, 1.54) is 11.1 Å². The van der Waals surface area contributed by atoms with Crippen LogP contribution in [0.5, 0.6) is 0 Å². The molecule has 19 heavy (non-hydrogen) atoms. The van der Waals surface area contributed by atoms with Crippen molar-refractivity contribution in [2.75, 3.05) is 0 Å². The third kappa shape index (κ3) is 3.04. The largest absolute Gasteiger partial charge is 0.388 e. The number of benzene rings is 1. The first kappa shape index (κ1) is 13.8. The summed E-state index contributed by atoms with van der Waals surface area (Å²) in [5.41, 5.74) is 4.71. The Labute approximate surface area is 114 Å². The van der Waals surface area contributed by atoms with Crippen LogP contribution < -0.4 is 0 Å². The lowest BCUT2D eigenvalue weighted by molar-refractivity contribution is 0.166. The number of rotatable bonds is 4. The van der Waals surface area contributed by atoms with E-state index in [1.54, 1.807) is 6.20 Å². The second-order valence-corrected chi connectivity index (χ2v) is 5.30. The normalized spacial score (nSPS) is 12.7. The number of aliphatic hydroxyl groups excluding tert-OH is 1. The summed E-state index contributed by atoms with van der Waals surface area (Å²) in [6, 6.07) is 4.25. The van der Waals surface area contributed by atoms with Gasteiger partial charge in [-0.05, 0) is 49.4 Å². The van der Waals surface area contributed by atoms with Gasteiger partial charge in [0, 0.05) is 25.9 Å². The average molecular weight is 258 g/mol. The number of aromatic nitrogens is 2. The number of hydrogen-bond donors (Lipinski definition) is 1. The first-order chi connectivity index (χ1) is 8.99. The lowest BCUT2D eigenvalue weighted by Crippen LogP contribution is -2.05. The molecule has 0 radical (unpaired) electrons. The molecule has 0 aliphatic heterocycles. The maximum Gasteiger partial charge on any atom is 0.108 e. The second-order valence-electron chi connectivity index (χ2n) is 5.30. The van der Waals surface area contributed by atoms with E-state index in [4.69, 9.17) is 0 Å². The van der Waals surface area contributed by atoms with Gasteiger partial charge in [0.1, 0.15) is 5.82 Å². The highest BCUT2D eigenvalue weighted by molar-refractivity contribution is 5.37. The Morgan fingerprint density at radius 1 is 1.16 bits per heavy atom. The van der Waals surface area contributed by atoms with Crippen molar-refractivity contribution >= 4 is 0 Å². The van der Waals surface area contributed by atoms with Crippen molar-refractivity contribution < 1.29 is 5.11 Å². The van der Waals surface area contributed by atoms with Crippen LogP contribution in [0.25, 0.3) is 0 Å². The van der Waals surface area contributed by atoms with Gasteiger partial charge in [-0.15, -0.1) is 0 Å². The first-order valence-electron chi connectivity index (χ1n) is 6.71. The Kier molecular flexibility index (Phi) is 4.05. The molecule has 0 saturated heterocycles. The SMILES string of the molecule is Cc1cc(C)c(C(O)CCc2nccn2C)cc1C. The predicted octanol–water partition coefficient (Wildman–Crippen LogP) is 3.01. The molecule has 1 heterocycles. The van der Waals surface area contributed by atoms with Crippen LogP contribution in [0, 0.1) is 20.8 Å². The monoisotopic (exact) mass is 258 g/mol. The fraction of sp³-hybridized carbons (Fsp3) is 0.438. The minimum atomic E-state index is -0.420. The summed E-state index contributed by atoms with van der Waals surface area (Å²) in [6.45, 7) is 6.25. The van der Waals surface area contributed by atoms with Crippen LogP contribution >= 0.6 is 0 Å². The first-order valence-corrected chi connectivity index (χ1v) is 6.71. The third-order valence-corrected chi connectivity index (χ3v) is 3.80. The van der Waals surface area contributed by atoms with Crippen LogP contribution in [0.2, 0.25) is 0 Å². The number of imidazole rings is 1. The fourth-order valence-electron chi connectivity index (χ4n) is 2.40. The Morgan fingerprint density at radius 3 is 2.47 bits per heavy atom. The molecule has 3 nitrogen and oxygen atoms in total. The van der Waals surface area contributed by atoms with Crippen LogP contribution in [-0.2, 0) is 13.5 Å². The zero-order valence-electron chi connectivity index (χ0n) is 12.1. The van der Waals surface area contributed by atoms with E-state index >= 15 is 0 Å². The number of nitrogens with zero attached hydrogens (tertiary/aromatic N) is 2. The minimum Gasteiger partial charge on any atom is -0.388 e. The quantitative estimate of drug-likeness (QED) is 0.915. The van der Waals surface area contributed by atoms with E-state index < -0.39 is 6.10 Å². The summed E-state index contributed by atoms with van der Waals surface area (Å²) < 4.78 is 2.00. The van der Waals surface area contributed by atoms with Gasteiger partial charge in [-0.3, -0.25) is 0 Å². The molecule has 1 aromatic heterocycles. The topological polar surface area (TPSA) is 38.1 Å². The fourth-order valence-corrected chi connectivity index (χ4v) is 2.40. The molecule has 102 valence electrons. The van der Waals surface area contributed by atoms with Crippen LogP contribution in [0.1, 0.15) is 40.6 Å². The molecular formula is C16H22N2O. The maximum atomic E-state index is 10.4. The molecule has 0 spiro atoms. The molecule has 1 N–H and O–H groups in total. The lowest BCUT2D eigenvalue weighted by Gasteiger charge is -2.16. The standard InChI is InChI=1S/C16H22N2O/c1-11-9-13(3)14(10-12(11)2)15(19)5-6-16-17-7-8-18(16)4/h7-10,15,19H,5-6H2,1-4H3. The smallest absolute Gasteiger partial charge is 0.108 e. The van der Waals surface area contributed by atoms with Crippen molar-refractivity contribution in [1.29, 1.82) is 0 Å². The third-order valence-electron chi connectivity index (χ3n) is 3.80. The van der Waals surface area contributed by atoms with E-state index in [0.717, 1.165) is 23.4 Å². The van der Waals surface area contributed by atoms with Crippen LogP contribution in [0.15, 0.2) is 24.5 Å². The molecule has 1 unspecified atom stereocenters. The second kappa shape index (κ2) is 5.57. The zero-order valence-corrected chi connectivity index (χ0v) is 12.1. The van der Waals surface area contributed by atoms with Crippen molar-refractivity contribution in [1.82, 2.24) is 9.55 Å². The molecular weight excluding hydrogens is 236 g/mol. The number of aliphatic hydroxyl groups is 1. The lowest BCUT2D eigenvalue weighted by atomic mass is 9.95. The Morgan fingerprint density at radius 2 is 1.84 bits per heavy atom. The van der Waals surface area contributed by atoms with Gasteiger partial charge < -0.3 is 9.67 Å². The molecule has 0 amide bonds. The van der Waals surface area contributed by atoms with Crippen molar-refractivity contribution in [2.24, 2.45) is 7.05 Å². The van der Waals surface area contributed by atoms with E-state index in [0.29, 0.717) is 6.42 Å². The minimum absolute atomic E-state index is 0.420. The molecule has 0 aliphatic carbocycles. The zero-order chi connectivity index (χ0) is 14.0. The number of hydrogen-bond acceptors (Lipinski definition) is 2. The molecule has 2 rings (SSSR count). The van der Waals surface area contributed by atoms with Crippen molar-refractivity contribution in [3.8, 4) is 0 Å². The molecule has 3 heteroatoms. The van der Waals surface area contributed by atoms with Crippen molar-refractivity contribution in [3.63, 3.8) is 0 Å². The van der Waals surface area contributed by atoms with Gasteiger partial charge in [0.2, 0.25) is 0 Å². The average Bonchev–Trinajstić information content (AvgIpc) is 2.76. The molecule has 1 aromatic carbocycles. The molecule has 1 atom stereocenters. The van der Waals surface area contributed by atoms with Gasteiger partial charge in [-0.25, -0.2) is 4.98 Å². The van der Waals surface area contributed by atoms with Crippen molar-refractivity contribution in [3.05, 3.63) is 52.6 Å². The van der Waals surface area contributed by atoms with Crippen molar-refractivity contribution in [2.45, 2.75) is 39.7 Å². The van der Waals surface area contributed by atoms with Gasteiger partial charge in [0.05, 0.1) is 6.10 Å². The van der Waals surface area contributed by atoms with E-state index in [9.17, 15) is 5.11 Å². The van der Waals surface area contributed by atoms with Gasteiger partial charge in [-0.2, -0.15) is 0 Å². The summed E-state index contributed by atoms with van der Waals surface area (Å²) in [7, 11) is 1.98. The number of aryl methyl sites for hydroxylation is 5. The summed E-state index contributed by atoms with van der Waals surface area (Å²) in [4.78, 5) is 4.29. The maximum absolute atomic E-state index is 10.4. The molecule has 0 bridgehead atoms. The van der Waals surface area contributed by atoms with Gasteiger partial charge in [0.15, 0.2) is 0 Å². The molecule has 0 fully saturated rings. The van der Waals surface area contributed by atoms with Crippen LogP contribution in [0.3, 0.4) is 0 Å². The summed E-state index contributed by atoms with van der Waals surface area (Å²) >= 11 is 0. The Balaban J connectivity index is 2.10. The summed E-state index contributed by atoms with van der Waals surface area (Å²) in [6.07, 6.45) is 4.80. The van der Waals surface area contributed by atoms with Crippen LogP contribution in [0.4, 0.5) is 0 Å². The predicted molar refractivity (Wildman–Crippen MR) is 77.1 cm³/mol. The molecule has 0 aliphatic rings. The van der Waals surface area contributed by atoms with Gasteiger partial charge in [0.25, 0.3) is 0 Å². The van der Waals surface area contributed by atoms with Crippen LogP contribution in [-0.4, -0.2) is 14.7 Å². The van der Waals surface area contributed by atoms with Gasteiger partial charge in [-0.1, -0.05) is 12.1 Å². The summed E-state index contributed by atoms with van der Waals surface area (Å²) in [5, 5.41) is 10.4. The molecule has 0 saturated carbocycles. The highest BCUT2D eigenvalue weighted by Crippen LogP contribution is 2.25. The highest BCUT2D eigenvalue weighted by Gasteiger charge is 2.13. The highest BCUT2D eigenvalue weighted by atomic mass is 16.3. The van der Waals surface area contributed by atoms with E-state index in [-0.39, 0.29) is 0 Å². The summed E-state index contributed by atoms with van der Waals surface area (Å²) in [5.74, 6) is 1.01. The van der Waals surface area contributed by atoms with Gasteiger partial charge >= 0.3 is 0 Å². The Hall–Kier alpha value is -1.61. The molecule has 2 aromatic rings. The van der Waals surface area contributed by atoms with E-state index in [1.807, 2.05) is 17.8 Å².